The third-order valence-corrected chi connectivity index (χ3v) is 4.93. The Hall–Kier alpha value is -0.740. The van der Waals surface area contributed by atoms with E-state index in [2.05, 4.69) is 15.9 Å². The average molecular weight is 343 g/mol. The van der Waals surface area contributed by atoms with E-state index >= 15 is 0 Å². The summed E-state index contributed by atoms with van der Waals surface area (Å²) < 4.78 is 11.5. The smallest absolute Gasteiger partial charge is 0.142 e. The predicted octanol–water partition coefficient (Wildman–Crippen LogP) is 4.47. The fourth-order valence-corrected chi connectivity index (χ4v) is 3.72. The van der Waals surface area contributed by atoms with Crippen LogP contribution in [0, 0.1) is 5.92 Å². The van der Waals surface area contributed by atoms with E-state index in [1.165, 1.54) is 25.7 Å². The molecule has 20 heavy (non-hydrogen) atoms. The van der Waals surface area contributed by atoms with Crippen LogP contribution in [0.25, 0.3) is 0 Å². The highest BCUT2D eigenvalue weighted by atomic mass is 79.9. The van der Waals surface area contributed by atoms with Crippen LogP contribution in [0.5, 0.6) is 11.5 Å². The van der Waals surface area contributed by atoms with Gasteiger partial charge in [0.2, 0.25) is 0 Å². The molecule has 3 nitrogen and oxygen atoms in total. The van der Waals surface area contributed by atoms with Crippen molar-refractivity contribution in [1.82, 2.24) is 0 Å². The van der Waals surface area contributed by atoms with Gasteiger partial charge in [-0.15, -0.1) is 0 Å². The second-order valence-corrected chi connectivity index (χ2v) is 6.19. The zero-order chi connectivity index (χ0) is 14.5. The third kappa shape index (κ3) is 3.29. The van der Waals surface area contributed by atoms with Crippen molar-refractivity contribution in [3.8, 4) is 11.5 Å². The number of methoxy groups -OCH3 is 2. The number of benzene rings is 1. The van der Waals surface area contributed by atoms with Crippen LogP contribution in [0.4, 0.5) is 0 Å². The van der Waals surface area contributed by atoms with Gasteiger partial charge in [-0.05, 0) is 46.8 Å². The minimum absolute atomic E-state index is 0.326. The number of rotatable bonds is 4. The molecule has 0 heterocycles. The summed E-state index contributed by atoms with van der Waals surface area (Å²) in [5.41, 5.74) is 0.854. The van der Waals surface area contributed by atoms with Gasteiger partial charge in [0, 0.05) is 5.56 Å². The van der Waals surface area contributed by atoms with Gasteiger partial charge in [0.05, 0.1) is 20.3 Å². The monoisotopic (exact) mass is 342 g/mol. The lowest BCUT2D eigenvalue weighted by molar-refractivity contribution is 0.0959. The summed E-state index contributed by atoms with van der Waals surface area (Å²) in [7, 11) is 3.25. The predicted molar refractivity (Wildman–Crippen MR) is 83.4 cm³/mol. The molecule has 4 heteroatoms. The molecule has 1 unspecified atom stereocenters. The Bertz CT molecular complexity index is 440. The molecule has 1 N–H and O–H groups in total. The quantitative estimate of drug-likeness (QED) is 0.820. The molecule has 1 aromatic rings. The lowest BCUT2D eigenvalue weighted by Crippen LogP contribution is -2.13. The lowest BCUT2D eigenvalue weighted by Gasteiger charge is -2.24. The van der Waals surface area contributed by atoms with Crippen molar-refractivity contribution in [2.75, 3.05) is 14.2 Å². The summed E-state index contributed by atoms with van der Waals surface area (Å²) in [6, 6.07) is 3.79. The number of aliphatic hydroxyl groups is 1. The van der Waals surface area contributed by atoms with E-state index in [1.54, 1.807) is 14.2 Å². The van der Waals surface area contributed by atoms with Crippen LogP contribution in [0.1, 0.15) is 50.2 Å². The largest absolute Gasteiger partial charge is 0.495 e. The Morgan fingerprint density at radius 2 is 1.75 bits per heavy atom. The molecule has 2 rings (SSSR count). The molecule has 1 fully saturated rings. The topological polar surface area (TPSA) is 38.7 Å². The molecule has 1 atom stereocenters. The van der Waals surface area contributed by atoms with E-state index in [0.29, 0.717) is 11.7 Å². The van der Waals surface area contributed by atoms with Crippen LogP contribution >= 0.6 is 15.9 Å². The molecule has 112 valence electrons. The Morgan fingerprint density at radius 3 is 2.30 bits per heavy atom. The maximum atomic E-state index is 10.7. The number of hydrogen-bond acceptors (Lipinski definition) is 3. The van der Waals surface area contributed by atoms with E-state index in [9.17, 15) is 5.11 Å². The van der Waals surface area contributed by atoms with Crippen LogP contribution in [0.2, 0.25) is 0 Å². The summed E-state index contributed by atoms with van der Waals surface area (Å²) in [6.45, 7) is 0. The molecule has 0 spiro atoms. The van der Waals surface area contributed by atoms with Crippen molar-refractivity contribution < 1.29 is 14.6 Å². The van der Waals surface area contributed by atoms with Crippen LogP contribution in [-0.4, -0.2) is 19.3 Å². The fourth-order valence-electron chi connectivity index (χ4n) is 3.03. The van der Waals surface area contributed by atoms with Crippen molar-refractivity contribution >= 4 is 15.9 Å². The summed E-state index contributed by atoms with van der Waals surface area (Å²) >= 11 is 3.50. The first-order valence-electron chi connectivity index (χ1n) is 7.27. The molecule has 0 radical (unpaired) electrons. The Kier molecular flexibility index (Phi) is 5.73. The van der Waals surface area contributed by atoms with Crippen molar-refractivity contribution in [3.63, 3.8) is 0 Å². The first-order chi connectivity index (χ1) is 9.69. The summed E-state index contributed by atoms with van der Waals surface area (Å²) in [5.74, 6) is 1.73. The summed E-state index contributed by atoms with van der Waals surface area (Å²) in [4.78, 5) is 0. The number of aliphatic hydroxyl groups excluding tert-OH is 1. The zero-order valence-electron chi connectivity index (χ0n) is 12.2. The minimum atomic E-state index is -0.467. The van der Waals surface area contributed by atoms with Gasteiger partial charge >= 0.3 is 0 Å². The molecule has 0 bridgehead atoms. The van der Waals surface area contributed by atoms with Gasteiger partial charge in [-0.3, -0.25) is 0 Å². The second-order valence-electron chi connectivity index (χ2n) is 5.40. The minimum Gasteiger partial charge on any atom is -0.495 e. The number of hydrogen-bond donors (Lipinski definition) is 1. The molecular weight excluding hydrogens is 320 g/mol. The third-order valence-electron chi connectivity index (χ3n) is 4.18. The molecule has 1 aliphatic rings. The van der Waals surface area contributed by atoms with E-state index < -0.39 is 6.10 Å². The van der Waals surface area contributed by atoms with Crippen LogP contribution in [0.15, 0.2) is 16.6 Å². The Morgan fingerprint density at radius 1 is 1.10 bits per heavy atom. The van der Waals surface area contributed by atoms with Crippen LogP contribution < -0.4 is 9.47 Å². The molecule has 0 amide bonds. The first kappa shape index (κ1) is 15.6. The molecular formula is C16H23BrO3. The van der Waals surface area contributed by atoms with E-state index in [1.807, 2.05) is 12.1 Å². The SMILES string of the molecule is COc1ccc(C(O)C2CCCCCC2)c(OC)c1Br. The fraction of sp³-hybridized carbons (Fsp3) is 0.625. The highest BCUT2D eigenvalue weighted by Gasteiger charge is 2.26. The normalized spacial score (nSPS) is 18.4. The van der Waals surface area contributed by atoms with Crippen molar-refractivity contribution in [2.45, 2.75) is 44.6 Å². The summed E-state index contributed by atoms with van der Waals surface area (Å²) in [5, 5.41) is 10.7. The van der Waals surface area contributed by atoms with Gasteiger partial charge in [-0.2, -0.15) is 0 Å². The van der Waals surface area contributed by atoms with Crippen LogP contribution in [0.3, 0.4) is 0 Å². The molecule has 0 aromatic heterocycles. The maximum absolute atomic E-state index is 10.7. The first-order valence-corrected chi connectivity index (χ1v) is 8.06. The highest BCUT2D eigenvalue weighted by Crippen LogP contribution is 2.43. The van der Waals surface area contributed by atoms with E-state index in [4.69, 9.17) is 9.47 Å². The van der Waals surface area contributed by atoms with Gasteiger partial charge < -0.3 is 14.6 Å². The Balaban J connectivity index is 2.28. The van der Waals surface area contributed by atoms with E-state index in [0.717, 1.165) is 28.6 Å². The van der Waals surface area contributed by atoms with Crippen molar-refractivity contribution in [1.29, 1.82) is 0 Å². The number of halogens is 1. The van der Waals surface area contributed by atoms with Gasteiger partial charge in [0.25, 0.3) is 0 Å². The molecule has 0 aliphatic heterocycles. The molecule has 0 saturated heterocycles. The second kappa shape index (κ2) is 7.32. The lowest BCUT2D eigenvalue weighted by atomic mass is 9.89. The van der Waals surface area contributed by atoms with Crippen molar-refractivity contribution in [2.24, 2.45) is 5.92 Å². The van der Waals surface area contributed by atoms with Gasteiger partial charge in [-0.25, -0.2) is 0 Å². The van der Waals surface area contributed by atoms with Crippen molar-refractivity contribution in [3.05, 3.63) is 22.2 Å². The van der Waals surface area contributed by atoms with Gasteiger partial charge in [0.1, 0.15) is 16.0 Å². The highest BCUT2D eigenvalue weighted by molar-refractivity contribution is 9.10. The Labute approximate surface area is 129 Å². The van der Waals surface area contributed by atoms with Crippen LogP contribution in [-0.2, 0) is 0 Å². The molecule has 1 aliphatic carbocycles. The number of ether oxygens (including phenoxy) is 2. The average Bonchev–Trinajstić information content (AvgIpc) is 2.75. The maximum Gasteiger partial charge on any atom is 0.142 e. The summed E-state index contributed by atoms with van der Waals surface area (Å²) in [6.07, 6.45) is 6.70. The van der Waals surface area contributed by atoms with E-state index in [-0.39, 0.29) is 0 Å². The van der Waals surface area contributed by atoms with Gasteiger partial charge in [0.15, 0.2) is 0 Å². The molecule has 1 saturated carbocycles. The zero-order valence-corrected chi connectivity index (χ0v) is 13.8. The standard InChI is InChI=1S/C16H23BrO3/c1-19-13-10-9-12(16(20-2)14(13)17)15(18)11-7-5-3-4-6-8-11/h9-11,15,18H,3-8H2,1-2H3. The molecule has 1 aromatic carbocycles. The van der Waals surface area contributed by atoms with Gasteiger partial charge in [-0.1, -0.05) is 25.7 Å².